The topological polar surface area (TPSA) is 63.5 Å². The number of nitro groups is 1. The standard InChI is InChI=1S/C12H12N2O3/c1-13-11-5-3-2-4-10(11)9(8-12(13)15)6-7-14(16)17/h2-7,9H,8H2,1H3. The molecule has 1 aliphatic rings. The average Bonchev–Trinajstić information content (AvgIpc) is 2.32. The minimum atomic E-state index is -0.509. The van der Waals surface area contributed by atoms with Gasteiger partial charge in [0.15, 0.2) is 0 Å². The van der Waals surface area contributed by atoms with E-state index in [4.69, 9.17) is 0 Å². The minimum Gasteiger partial charge on any atom is -0.315 e. The molecular formula is C12H12N2O3. The number of carbonyl (C=O) groups is 1. The normalized spacial score (nSPS) is 19.5. The monoisotopic (exact) mass is 232 g/mol. The summed E-state index contributed by atoms with van der Waals surface area (Å²) in [4.78, 5) is 23.1. The molecule has 5 nitrogen and oxygen atoms in total. The lowest BCUT2D eigenvalue weighted by Crippen LogP contribution is -2.32. The summed E-state index contributed by atoms with van der Waals surface area (Å²) in [6, 6.07) is 7.46. The Morgan fingerprint density at radius 2 is 2.18 bits per heavy atom. The van der Waals surface area contributed by atoms with Crippen molar-refractivity contribution in [1.82, 2.24) is 0 Å². The number of amides is 1. The number of fused-ring (bicyclic) bond motifs is 1. The second kappa shape index (κ2) is 4.37. The maximum absolute atomic E-state index is 11.7. The summed E-state index contributed by atoms with van der Waals surface area (Å²) < 4.78 is 0. The zero-order chi connectivity index (χ0) is 12.4. The minimum absolute atomic E-state index is 0.0262. The maximum atomic E-state index is 11.7. The molecule has 0 saturated carbocycles. The van der Waals surface area contributed by atoms with E-state index in [-0.39, 0.29) is 18.2 Å². The van der Waals surface area contributed by atoms with Crippen molar-refractivity contribution in [2.45, 2.75) is 12.3 Å². The third kappa shape index (κ3) is 2.18. The van der Waals surface area contributed by atoms with Crippen LogP contribution in [0.1, 0.15) is 17.9 Å². The predicted octanol–water partition coefficient (Wildman–Crippen LogP) is 1.93. The molecule has 17 heavy (non-hydrogen) atoms. The van der Waals surface area contributed by atoms with E-state index in [0.717, 1.165) is 17.5 Å². The van der Waals surface area contributed by atoms with E-state index in [1.807, 2.05) is 24.3 Å². The molecule has 0 aromatic heterocycles. The third-order valence-electron chi connectivity index (χ3n) is 2.91. The lowest BCUT2D eigenvalue weighted by Gasteiger charge is -2.29. The van der Waals surface area contributed by atoms with Gasteiger partial charge in [0, 0.05) is 25.1 Å². The van der Waals surface area contributed by atoms with Gasteiger partial charge in [-0.3, -0.25) is 14.9 Å². The summed E-state index contributed by atoms with van der Waals surface area (Å²) in [6.07, 6.45) is 2.65. The van der Waals surface area contributed by atoms with Crippen molar-refractivity contribution in [2.75, 3.05) is 11.9 Å². The first kappa shape index (κ1) is 11.3. The zero-order valence-electron chi connectivity index (χ0n) is 9.37. The number of carbonyl (C=O) groups excluding carboxylic acids is 1. The lowest BCUT2D eigenvalue weighted by molar-refractivity contribution is -0.402. The molecule has 5 heteroatoms. The Morgan fingerprint density at radius 3 is 2.88 bits per heavy atom. The van der Waals surface area contributed by atoms with Gasteiger partial charge in [-0.2, -0.15) is 0 Å². The molecule has 1 amide bonds. The number of benzene rings is 1. The SMILES string of the molecule is CN1C(=O)CC(C=C[N+](=O)[O-])c2ccccc21. The zero-order valence-corrected chi connectivity index (χ0v) is 9.37. The van der Waals surface area contributed by atoms with Crippen LogP contribution in [0.4, 0.5) is 5.69 Å². The molecular weight excluding hydrogens is 220 g/mol. The number of allylic oxidation sites excluding steroid dienone is 1. The molecule has 88 valence electrons. The molecule has 0 radical (unpaired) electrons. The summed E-state index contributed by atoms with van der Waals surface area (Å²) in [7, 11) is 1.72. The summed E-state index contributed by atoms with van der Waals surface area (Å²) in [5, 5.41) is 10.3. The largest absolute Gasteiger partial charge is 0.315 e. The number of para-hydroxylation sites is 1. The van der Waals surface area contributed by atoms with Crippen molar-refractivity contribution in [3.05, 3.63) is 52.2 Å². The Labute approximate surface area is 98.5 Å². The van der Waals surface area contributed by atoms with E-state index < -0.39 is 4.92 Å². The molecule has 0 N–H and O–H groups in total. The predicted molar refractivity (Wildman–Crippen MR) is 63.3 cm³/mol. The molecule has 2 rings (SSSR count). The van der Waals surface area contributed by atoms with Crippen LogP contribution in [0, 0.1) is 10.1 Å². The van der Waals surface area contributed by atoms with Crippen LogP contribution in [0.25, 0.3) is 0 Å². The molecule has 0 saturated heterocycles. The number of rotatable bonds is 2. The van der Waals surface area contributed by atoms with Gasteiger partial charge in [0.05, 0.1) is 4.92 Å². The summed E-state index contributed by atoms with van der Waals surface area (Å²) in [5.74, 6) is -0.234. The molecule has 0 bridgehead atoms. The molecule has 0 fully saturated rings. The van der Waals surface area contributed by atoms with Gasteiger partial charge in [-0.15, -0.1) is 0 Å². The molecule has 1 aliphatic heterocycles. The average molecular weight is 232 g/mol. The van der Waals surface area contributed by atoms with Crippen LogP contribution in [-0.2, 0) is 4.79 Å². The van der Waals surface area contributed by atoms with Gasteiger partial charge >= 0.3 is 0 Å². The molecule has 1 heterocycles. The van der Waals surface area contributed by atoms with Gasteiger partial charge in [-0.05, 0) is 17.7 Å². The van der Waals surface area contributed by atoms with Gasteiger partial charge in [0.25, 0.3) is 0 Å². The maximum Gasteiger partial charge on any atom is 0.231 e. The smallest absolute Gasteiger partial charge is 0.231 e. The Bertz CT molecular complexity index is 496. The Morgan fingerprint density at radius 1 is 1.47 bits per heavy atom. The van der Waals surface area contributed by atoms with Crippen LogP contribution in [0.15, 0.2) is 36.5 Å². The molecule has 0 spiro atoms. The molecule has 1 unspecified atom stereocenters. The lowest BCUT2D eigenvalue weighted by atomic mass is 9.90. The first-order valence-electron chi connectivity index (χ1n) is 5.27. The molecule has 1 aromatic carbocycles. The fourth-order valence-electron chi connectivity index (χ4n) is 2.02. The van der Waals surface area contributed by atoms with Crippen LogP contribution in [-0.4, -0.2) is 17.9 Å². The van der Waals surface area contributed by atoms with Gasteiger partial charge < -0.3 is 4.90 Å². The summed E-state index contributed by atoms with van der Waals surface area (Å²) in [5.41, 5.74) is 1.77. The second-order valence-corrected chi connectivity index (χ2v) is 3.95. The number of anilines is 1. The van der Waals surface area contributed by atoms with E-state index in [0.29, 0.717) is 0 Å². The van der Waals surface area contributed by atoms with Gasteiger partial charge in [0.1, 0.15) is 0 Å². The molecule has 0 aliphatic carbocycles. The van der Waals surface area contributed by atoms with Crippen LogP contribution < -0.4 is 4.90 Å². The van der Waals surface area contributed by atoms with Crippen molar-refractivity contribution >= 4 is 11.6 Å². The van der Waals surface area contributed by atoms with Crippen molar-refractivity contribution in [2.24, 2.45) is 0 Å². The van der Waals surface area contributed by atoms with Crippen molar-refractivity contribution in [3.63, 3.8) is 0 Å². The third-order valence-corrected chi connectivity index (χ3v) is 2.91. The second-order valence-electron chi connectivity index (χ2n) is 3.95. The van der Waals surface area contributed by atoms with Crippen molar-refractivity contribution in [1.29, 1.82) is 0 Å². The highest BCUT2D eigenvalue weighted by atomic mass is 16.6. The highest BCUT2D eigenvalue weighted by Gasteiger charge is 2.27. The van der Waals surface area contributed by atoms with E-state index >= 15 is 0 Å². The quantitative estimate of drug-likeness (QED) is 0.578. The summed E-state index contributed by atoms with van der Waals surface area (Å²) in [6.45, 7) is 0. The van der Waals surface area contributed by atoms with Crippen LogP contribution in [0.3, 0.4) is 0 Å². The number of nitrogens with zero attached hydrogens (tertiary/aromatic N) is 2. The highest BCUT2D eigenvalue weighted by Crippen LogP contribution is 2.35. The van der Waals surface area contributed by atoms with E-state index in [9.17, 15) is 14.9 Å². The van der Waals surface area contributed by atoms with E-state index in [1.165, 1.54) is 6.08 Å². The first-order valence-corrected chi connectivity index (χ1v) is 5.27. The Hall–Kier alpha value is -2.17. The van der Waals surface area contributed by atoms with Gasteiger partial charge in [0.2, 0.25) is 12.1 Å². The number of hydrogen-bond donors (Lipinski definition) is 0. The Kier molecular flexibility index (Phi) is 2.91. The fraction of sp³-hybridized carbons (Fsp3) is 0.250. The van der Waals surface area contributed by atoms with E-state index in [1.54, 1.807) is 11.9 Å². The van der Waals surface area contributed by atoms with Crippen LogP contribution in [0.2, 0.25) is 0 Å². The first-order chi connectivity index (χ1) is 8.09. The van der Waals surface area contributed by atoms with Gasteiger partial charge in [-0.25, -0.2) is 0 Å². The van der Waals surface area contributed by atoms with Crippen molar-refractivity contribution < 1.29 is 9.72 Å². The molecule has 1 atom stereocenters. The molecule has 1 aromatic rings. The van der Waals surface area contributed by atoms with Crippen LogP contribution in [0.5, 0.6) is 0 Å². The number of hydrogen-bond acceptors (Lipinski definition) is 3. The van der Waals surface area contributed by atoms with E-state index in [2.05, 4.69) is 0 Å². The Balaban J connectivity index is 2.40. The summed E-state index contributed by atoms with van der Waals surface area (Å²) >= 11 is 0. The fourth-order valence-corrected chi connectivity index (χ4v) is 2.02. The van der Waals surface area contributed by atoms with Crippen molar-refractivity contribution in [3.8, 4) is 0 Å². The van der Waals surface area contributed by atoms with Gasteiger partial charge in [-0.1, -0.05) is 18.2 Å². The highest BCUT2D eigenvalue weighted by molar-refractivity contribution is 5.96. The van der Waals surface area contributed by atoms with Crippen LogP contribution >= 0.6 is 0 Å².